The predicted octanol–water partition coefficient (Wildman–Crippen LogP) is 2.36. The van der Waals surface area contributed by atoms with Crippen molar-refractivity contribution in [1.29, 1.82) is 0 Å². The van der Waals surface area contributed by atoms with Crippen molar-refractivity contribution in [1.82, 2.24) is 4.90 Å². The van der Waals surface area contributed by atoms with Crippen molar-refractivity contribution in [2.45, 2.75) is 19.4 Å². The normalized spacial score (nSPS) is 17.8. The van der Waals surface area contributed by atoms with Gasteiger partial charge in [0.05, 0.1) is 40.6 Å². The van der Waals surface area contributed by atoms with Crippen LogP contribution in [-0.2, 0) is 9.53 Å². The number of rotatable bonds is 6. The van der Waals surface area contributed by atoms with Crippen LogP contribution in [0.4, 0.5) is 0 Å². The molecular formula is C18H25NO5. The van der Waals surface area contributed by atoms with Gasteiger partial charge in [-0.1, -0.05) is 6.92 Å². The van der Waals surface area contributed by atoms with Gasteiger partial charge in [0.15, 0.2) is 11.5 Å². The number of carbonyl (C=O) groups is 1. The molecule has 1 heterocycles. The van der Waals surface area contributed by atoms with Crippen LogP contribution < -0.4 is 14.2 Å². The Bertz CT molecular complexity index is 574. The van der Waals surface area contributed by atoms with Crippen LogP contribution in [0.15, 0.2) is 18.2 Å². The standard InChI is InChI=1S/C18H25NO5/c1-5-14-12-24-9-8-19(14)17(20)7-6-13-10-15(21-2)18(23-4)16(11-13)22-3/h6-7,10-11,14H,5,8-9,12H2,1-4H3. The molecule has 0 bridgehead atoms. The second-order valence-corrected chi connectivity index (χ2v) is 5.46. The summed E-state index contributed by atoms with van der Waals surface area (Å²) in [5.74, 6) is 1.63. The van der Waals surface area contributed by atoms with Crippen molar-refractivity contribution in [3.05, 3.63) is 23.8 Å². The monoisotopic (exact) mass is 335 g/mol. The quantitative estimate of drug-likeness (QED) is 0.747. The molecule has 2 rings (SSSR count). The third kappa shape index (κ3) is 4.00. The Kier molecular flexibility index (Phi) is 6.49. The van der Waals surface area contributed by atoms with Crippen LogP contribution in [0.1, 0.15) is 18.9 Å². The molecule has 24 heavy (non-hydrogen) atoms. The lowest BCUT2D eigenvalue weighted by molar-refractivity contribution is -0.134. The molecule has 1 atom stereocenters. The van der Waals surface area contributed by atoms with E-state index in [0.29, 0.717) is 37.0 Å². The SMILES string of the molecule is CCC1COCCN1C(=O)C=Cc1cc(OC)c(OC)c(OC)c1. The van der Waals surface area contributed by atoms with E-state index in [1.165, 1.54) is 0 Å². The maximum atomic E-state index is 12.5. The predicted molar refractivity (Wildman–Crippen MR) is 91.7 cm³/mol. The molecule has 1 amide bonds. The van der Waals surface area contributed by atoms with Gasteiger partial charge in [-0.15, -0.1) is 0 Å². The zero-order chi connectivity index (χ0) is 17.5. The van der Waals surface area contributed by atoms with E-state index in [2.05, 4.69) is 6.92 Å². The lowest BCUT2D eigenvalue weighted by Gasteiger charge is -2.34. The molecule has 1 aromatic carbocycles. The second kappa shape index (κ2) is 8.59. The molecule has 1 unspecified atom stereocenters. The first-order valence-corrected chi connectivity index (χ1v) is 8.01. The fraction of sp³-hybridized carbons (Fsp3) is 0.500. The van der Waals surface area contributed by atoms with Crippen LogP contribution in [0.5, 0.6) is 17.2 Å². The number of hydrogen-bond donors (Lipinski definition) is 0. The van der Waals surface area contributed by atoms with Gasteiger partial charge in [-0.2, -0.15) is 0 Å². The Hall–Kier alpha value is -2.21. The van der Waals surface area contributed by atoms with E-state index in [0.717, 1.165) is 12.0 Å². The van der Waals surface area contributed by atoms with Crippen LogP contribution in [0.2, 0.25) is 0 Å². The van der Waals surface area contributed by atoms with Crippen molar-refractivity contribution in [2.24, 2.45) is 0 Å². The fourth-order valence-electron chi connectivity index (χ4n) is 2.74. The Morgan fingerprint density at radius 3 is 2.46 bits per heavy atom. The van der Waals surface area contributed by atoms with Gasteiger partial charge < -0.3 is 23.8 Å². The third-order valence-electron chi connectivity index (χ3n) is 4.09. The molecule has 1 aromatic rings. The molecule has 1 aliphatic rings. The molecule has 132 valence electrons. The molecule has 1 fully saturated rings. The van der Waals surface area contributed by atoms with Crippen LogP contribution in [0.25, 0.3) is 6.08 Å². The van der Waals surface area contributed by atoms with Gasteiger partial charge in [0, 0.05) is 12.6 Å². The Morgan fingerprint density at radius 1 is 1.25 bits per heavy atom. The summed E-state index contributed by atoms with van der Waals surface area (Å²) in [6, 6.07) is 3.75. The number of benzene rings is 1. The first-order chi connectivity index (χ1) is 11.6. The zero-order valence-corrected chi connectivity index (χ0v) is 14.7. The molecule has 0 aromatic heterocycles. The van der Waals surface area contributed by atoms with E-state index < -0.39 is 0 Å². The Labute approximate surface area is 142 Å². The Balaban J connectivity index is 2.20. The molecule has 0 spiro atoms. The van der Waals surface area contributed by atoms with E-state index in [9.17, 15) is 4.79 Å². The number of nitrogens with zero attached hydrogens (tertiary/aromatic N) is 1. The molecular weight excluding hydrogens is 310 g/mol. The number of hydrogen-bond acceptors (Lipinski definition) is 5. The van der Waals surface area contributed by atoms with Gasteiger partial charge in [0.25, 0.3) is 0 Å². The van der Waals surface area contributed by atoms with Crippen molar-refractivity contribution in [2.75, 3.05) is 41.1 Å². The van der Waals surface area contributed by atoms with Gasteiger partial charge in [-0.05, 0) is 30.2 Å². The molecule has 1 aliphatic heterocycles. The zero-order valence-electron chi connectivity index (χ0n) is 14.7. The highest BCUT2D eigenvalue weighted by Gasteiger charge is 2.24. The third-order valence-corrected chi connectivity index (χ3v) is 4.09. The van der Waals surface area contributed by atoms with Crippen molar-refractivity contribution >= 4 is 12.0 Å². The van der Waals surface area contributed by atoms with Crippen LogP contribution in [0.3, 0.4) is 0 Å². The summed E-state index contributed by atoms with van der Waals surface area (Å²) >= 11 is 0. The van der Waals surface area contributed by atoms with E-state index in [1.54, 1.807) is 33.5 Å². The lowest BCUT2D eigenvalue weighted by atomic mass is 10.1. The van der Waals surface area contributed by atoms with Gasteiger partial charge in [-0.25, -0.2) is 0 Å². The average Bonchev–Trinajstić information content (AvgIpc) is 2.64. The number of ether oxygens (including phenoxy) is 4. The first kappa shape index (κ1) is 18.1. The van der Waals surface area contributed by atoms with Crippen molar-refractivity contribution < 1.29 is 23.7 Å². The Morgan fingerprint density at radius 2 is 1.92 bits per heavy atom. The molecule has 6 nitrogen and oxygen atoms in total. The molecule has 1 saturated heterocycles. The minimum atomic E-state index is -0.0149. The number of morpholine rings is 1. The summed E-state index contributed by atoms with van der Waals surface area (Å²) in [4.78, 5) is 14.3. The maximum absolute atomic E-state index is 12.5. The van der Waals surface area contributed by atoms with E-state index in [1.807, 2.05) is 17.0 Å². The highest BCUT2D eigenvalue weighted by molar-refractivity contribution is 5.92. The fourth-order valence-corrected chi connectivity index (χ4v) is 2.74. The van der Waals surface area contributed by atoms with E-state index >= 15 is 0 Å². The summed E-state index contributed by atoms with van der Waals surface area (Å²) in [7, 11) is 4.69. The van der Waals surface area contributed by atoms with Crippen LogP contribution >= 0.6 is 0 Å². The molecule has 0 aliphatic carbocycles. The number of methoxy groups -OCH3 is 3. The highest BCUT2D eigenvalue weighted by atomic mass is 16.5. The maximum Gasteiger partial charge on any atom is 0.246 e. The molecule has 0 radical (unpaired) electrons. The molecule has 0 saturated carbocycles. The van der Waals surface area contributed by atoms with Gasteiger partial charge in [0.2, 0.25) is 11.7 Å². The molecule has 6 heteroatoms. The number of amides is 1. The smallest absolute Gasteiger partial charge is 0.246 e. The summed E-state index contributed by atoms with van der Waals surface area (Å²) in [5.41, 5.74) is 0.805. The van der Waals surface area contributed by atoms with Gasteiger partial charge in [0.1, 0.15) is 0 Å². The highest BCUT2D eigenvalue weighted by Crippen LogP contribution is 2.38. The second-order valence-electron chi connectivity index (χ2n) is 5.46. The lowest BCUT2D eigenvalue weighted by Crippen LogP contribution is -2.47. The minimum Gasteiger partial charge on any atom is -0.493 e. The van der Waals surface area contributed by atoms with Gasteiger partial charge in [-0.3, -0.25) is 4.79 Å². The van der Waals surface area contributed by atoms with Crippen molar-refractivity contribution in [3.63, 3.8) is 0 Å². The van der Waals surface area contributed by atoms with Gasteiger partial charge >= 0.3 is 0 Å². The summed E-state index contributed by atoms with van der Waals surface area (Å²) in [5, 5.41) is 0. The first-order valence-electron chi connectivity index (χ1n) is 8.01. The largest absolute Gasteiger partial charge is 0.493 e. The molecule has 0 N–H and O–H groups in total. The van der Waals surface area contributed by atoms with Crippen LogP contribution in [0, 0.1) is 0 Å². The van der Waals surface area contributed by atoms with E-state index in [-0.39, 0.29) is 11.9 Å². The van der Waals surface area contributed by atoms with E-state index in [4.69, 9.17) is 18.9 Å². The van der Waals surface area contributed by atoms with Crippen molar-refractivity contribution in [3.8, 4) is 17.2 Å². The summed E-state index contributed by atoms with van der Waals surface area (Å²) in [6.07, 6.45) is 4.22. The van der Waals surface area contributed by atoms with Crippen LogP contribution in [-0.4, -0.2) is 57.9 Å². The summed E-state index contributed by atoms with van der Waals surface area (Å²) < 4.78 is 21.4. The average molecular weight is 335 g/mol. The topological polar surface area (TPSA) is 57.2 Å². The summed E-state index contributed by atoms with van der Waals surface area (Å²) in [6.45, 7) is 3.86. The minimum absolute atomic E-state index is 0.0149. The number of carbonyl (C=O) groups excluding carboxylic acids is 1.